The molecular formula is C17H12F3NO3. The first-order chi connectivity index (χ1) is 11.3. The molecule has 24 heavy (non-hydrogen) atoms. The van der Waals surface area contributed by atoms with Gasteiger partial charge in [-0.1, -0.05) is 12.1 Å². The summed E-state index contributed by atoms with van der Waals surface area (Å²) < 4.78 is 44.7. The third kappa shape index (κ3) is 2.51. The number of amides is 2. The number of nitrogens with zero attached hydrogens (tertiary/aromatic N) is 1. The highest BCUT2D eigenvalue weighted by atomic mass is 19.4. The van der Waals surface area contributed by atoms with Crippen LogP contribution in [0.25, 0.3) is 0 Å². The van der Waals surface area contributed by atoms with Gasteiger partial charge >= 0.3 is 6.18 Å². The van der Waals surface area contributed by atoms with Gasteiger partial charge in [0.05, 0.1) is 29.0 Å². The van der Waals surface area contributed by atoms with Gasteiger partial charge in [-0.05, 0) is 37.3 Å². The Morgan fingerprint density at radius 2 is 1.58 bits per heavy atom. The number of rotatable bonds is 3. The minimum atomic E-state index is -4.67. The Hall–Kier alpha value is -2.83. The van der Waals surface area contributed by atoms with E-state index in [2.05, 4.69) is 0 Å². The van der Waals surface area contributed by atoms with Crippen molar-refractivity contribution in [3.63, 3.8) is 0 Å². The molecular weight excluding hydrogens is 323 g/mol. The third-order valence-corrected chi connectivity index (χ3v) is 3.62. The maximum Gasteiger partial charge on any atom is 0.420 e. The first-order valence-corrected chi connectivity index (χ1v) is 7.16. The fourth-order valence-electron chi connectivity index (χ4n) is 2.58. The lowest BCUT2D eigenvalue weighted by atomic mass is 10.1. The maximum absolute atomic E-state index is 13.2. The fourth-order valence-corrected chi connectivity index (χ4v) is 2.58. The Labute approximate surface area is 135 Å². The van der Waals surface area contributed by atoms with Crippen LogP contribution in [0.1, 0.15) is 33.2 Å². The van der Waals surface area contributed by atoms with Crippen LogP contribution in [-0.2, 0) is 6.18 Å². The summed E-state index contributed by atoms with van der Waals surface area (Å²) in [7, 11) is 0. The monoisotopic (exact) mass is 335 g/mol. The number of fused-ring (bicyclic) bond motifs is 1. The van der Waals surface area contributed by atoms with Gasteiger partial charge in [-0.2, -0.15) is 13.2 Å². The van der Waals surface area contributed by atoms with Crippen molar-refractivity contribution in [3.05, 3.63) is 59.2 Å². The molecule has 0 atom stereocenters. The molecule has 0 fully saturated rings. The quantitative estimate of drug-likeness (QED) is 0.799. The minimum absolute atomic E-state index is 0.0649. The average molecular weight is 335 g/mol. The fraction of sp³-hybridized carbons (Fsp3) is 0.176. The molecule has 7 heteroatoms. The van der Waals surface area contributed by atoms with Gasteiger partial charge in [-0.25, -0.2) is 4.90 Å². The molecule has 4 nitrogen and oxygen atoms in total. The molecule has 124 valence electrons. The lowest BCUT2D eigenvalue weighted by molar-refractivity contribution is -0.138. The van der Waals surface area contributed by atoms with E-state index in [-0.39, 0.29) is 29.2 Å². The van der Waals surface area contributed by atoms with Crippen molar-refractivity contribution in [3.8, 4) is 5.75 Å². The number of ether oxygens (including phenoxy) is 1. The molecule has 2 amide bonds. The van der Waals surface area contributed by atoms with Crippen molar-refractivity contribution in [1.82, 2.24) is 0 Å². The lowest BCUT2D eigenvalue weighted by Crippen LogP contribution is -2.29. The van der Waals surface area contributed by atoms with E-state index in [9.17, 15) is 22.8 Å². The molecule has 1 aliphatic heterocycles. The Balaban J connectivity index is 2.08. The van der Waals surface area contributed by atoms with Crippen molar-refractivity contribution in [2.75, 3.05) is 11.5 Å². The first kappa shape index (κ1) is 16.0. The molecule has 0 aromatic heterocycles. The number of benzene rings is 2. The number of anilines is 1. The predicted molar refractivity (Wildman–Crippen MR) is 80.2 cm³/mol. The molecule has 0 radical (unpaired) electrons. The van der Waals surface area contributed by atoms with E-state index in [1.165, 1.54) is 18.2 Å². The van der Waals surface area contributed by atoms with E-state index >= 15 is 0 Å². The normalized spacial score (nSPS) is 14.1. The van der Waals surface area contributed by atoms with E-state index < -0.39 is 23.6 Å². The van der Waals surface area contributed by atoms with Gasteiger partial charge in [0.25, 0.3) is 11.8 Å². The van der Waals surface area contributed by atoms with Crippen LogP contribution in [0.3, 0.4) is 0 Å². The number of carbonyl (C=O) groups is 2. The van der Waals surface area contributed by atoms with Crippen molar-refractivity contribution < 1.29 is 27.5 Å². The topological polar surface area (TPSA) is 46.6 Å². The number of hydrogen-bond acceptors (Lipinski definition) is 3. The maximum atomic E-state index is 13.2. The van der Waals surface area contributed by atoms with Gasteiger partial charge in [-0.3, -0.25) is 9.59 Å². The van der Waals surface area contributed by atoms with E-state index in [1.54, 1.807) is 19.1 Å². The van der Waals surface area contributed by atoms with Gasteiger partial charge < -0.3 is 4.74 Å². The van der Waals surface area contributed by atoms with E-state index in [0.29, 0.717) is 0 Å². The highest BCUT2D eigenvalue weighted by Gasteiger charge is 2.39. The second kappa shape index (κ2) is 5.67. The molecule has 1 aliphatic rings. The zero-order valence-corrected chi connectivity index (χ0v) is 12.6. The summed E-state index contributed by atoms with van der Waals surface area (Å²) in [6.45, 7) is 1.63. The lowest BCUT2D eigenvalue weighted by Gasteiger charge is -2.18. The van der Waals surface area contributed by atoms with E-state index in [1.807, 2.05) is 0 Å². The van der Waals surface area contributed by atoms with E-state index in [4.69, 9.17) is 4.74 Å². The van der Waals surface area contributed by atoms with Crippen LogP contribution in [0.5, 0.6) is 5.75 Å². The molecule has 1 heterocycles. The van der Waals surface area contributed by atoms with Gasteiger partial charge in [0.2, 0.25) is 0 Å². The van der Waals surface area contributed by atoms with Crippen LogP contribution in [-0.4, -0.2) is 18.4 Å². The average Bonchev–Trinajstić information content (AvgIpc) is 2.79. The van der Waals surface area contributed by atoms with Crippen molar-refractivity contribution in [1.29, 1.82) is 0 Å². The molecule has 0 aliphatic carbocycles. The van der Waals surface area contributed by atoms with E-state index in [0.717, 1.165) is 17.0 Å². The van der Waals surface area contributed by atoms with Crippen molar-refractivity contribution in [2.45, 2.75) is 13.1 Å². The molecule has 0 unspecified atom stereocenters. The summed E-state index contributed by atoms with van der Waals surface area (Å²) in [4.78, 5) is 25.5. The SMILES string of the molecule is CCOc1ccc(N2C(=O)c3ccccc3C2=O)cc1C(F)(F)F. The number of alkyl halides is 3. The highest BCUT2D eigenvalue weighted by molar-refractivity contribution is 6.34. The number of carbonyl (C=O) groups excluding carboxylic acids is 2. The Kier molecular flexibility index (Phi) is 3.79. The predicted octanol–water partition coefficient (Wildman–Crippen LogP) is 3.90. The summed E-state index contributed by atoms with van der Waals surface area (Å²) in [5.41, 5.74) is -0.828. The number of hydrogen-bond donors (Lipinski definition) is 0. The molecule has 0 saturated heterocycles. The third-order valence-electron chi connectivity index (χ3n) is 3.62. The summed E-state index contributed by atoms with van der Waals surface area (Å²) in [5, 5.41) is 0. The van der Waals surface area contributed by atoms with Crippen LogP contribution in [0, 0.1) is 0 Å². The zero-order chi connectivity index (χ0) is 17.5. The van der Waals surface area contributed by atoms with Crippen molar-refractivity contribution in [2.24, 2.45) is 0 Å². The second-order valence-corrected chi connectivity index (χ2v) is 5.10. The molecule has 3 rings (SSSR count). The Bertz CT molecular complexity index is 795. The minimum Gasteiger partial charge on any atom is -0.493 e. The van der Waals surface area contributed by atoms with Crippen LogP contribution in [0.4, 0.5) is 18.9 Å². The standard InChI is InChI=1S/C17H12F3NO3/c1-2-24-14-8-7-10(9-13(14)17(18,19)20)21-15(22)11-5-3-4-6-12(11)16(21)23/h3-9H,2H2,1H3. The van der Waals surface area contributed by atoms with Crippen LogP contribution >= 0.6 is 0 Å². The summed E-state index contributed by atoms with van der Waals surface area (Å²) >= 11 is 0. The zero-order valence-electron chi connectivity index (χ0n) is 12.6. The van der Waals surface area contributed by atoms with Gasteiger partial charge in [0, 0.05) is 0 Å². The van der Waals surface area contributed by atoms with Gasteiger partial charge in [-0.15, -0.1) is 0 Å². The molecule has 0 spiro atoms. The Morgan fingerprint density at radius 3 is 2.08 bits per heavy atom. The van der Waals surface area contributed by atoms with Crippen LogP contribution in [0.15, 0.2) is 42.5 Å². The summed E-state index contributed by atoms with van der Waals surface area (Å²) in [6.07, 6.45) is -4.67. The van der Waals surface area contributed by atoms with Crippen LogP contribution in [0.2, 0.25) is 0 Å². The number of imide groups is 1. The smallest absolute Gasteiger partial charge is 0.420 e. The molecule has 2 aromatic carbocycles. The van der Waals surface area contributed by atoms with Crippen molar-refractivity contribution >= 4 is 17.5 Å². The second-order valence-electron chi connectivity index (χ2n) is 5.10. The summed E-state index contributed by atoms with van der Waals surface area (Å²) in [5.74, 6) is -1.63. The number of halogens is 3. The summed E-state index contributed by atoms with van der Waals surface area (Å²) in [6, 6.07) is 9.25. The molecule has 0 bridgehead atoms. The molecule has 0 saturated carbocycles. The van der Waals surface area contributed by atoms with Gasteiger partial charge in [0.1, 0.15) is 5.75 Å². The highest BCUT2D eigenvalue weighted by Crippen LogP contribution is 2.40. The first-order valence-electron chi connectivity index (χ1n) is 7.16. The van der Waals surface area contributed by atoms with Gasteiger partial charge in [0.15, 0.2) is 0 Å². The van der Waals surface area contributed by atoms with Crippen LogP contribution < -0.4 is 9.64 Å². The molecule has 2 aromatic rings. The Morgan fingerprint density at radius 1 is 1.00 bits per heavy atom. The molecule has 0 N–H and O–H groups in total. The largest absolute Gasteiger partial charge is 0.493 e.